The van der Waals surface area contributed by atoms with Crippen molar-refractivity contribution in [3.8, 4) is 5.75 Å². The lowest BCUT2D eigenvalue weighted by atomic mass is 10.0. The van der Waals surface area contributed by atoms with Gasteiger partial charge < -0.3 is 9.47 Å². The Bertz CT molecular complexity index is 753. The Kier molecular flexibility index (Phi) is 5.40. The van der Waals surface area contributed by atoms with Crippen molar-refractivity contribution in [3.63, 3.8) is 0 Å². The van der Waals surface area contributed by atoms with Gasteiger partial charge in [-0.1, -0.05) is 41.4 Å². The van der Waals surface area contributed by atoms with Crippen LogP contribution in [0.15, 0.2) is 36.4 Å². The van der Waals surface area contributed by atoms with Crippen LogP contribution in [0.1, 0.15) is 27.0 Å². The topological polar surface area (TPSA) is 52.6 Å². The highest BCUT2D eigenvalue weighted by atomic mass is 35.5. The molecule has 2 rings (SSSR count). The van der Waals surface area contributed by atoms with Gasteiger partial charge in [-0.2, -0.15) is 0 Å². The van der Waals surface area contributed by atoms with Crippen LogP contribution in [-0.4, -0.2) is 18.9 Å². The Labute approximate surface area is 140 Å². The van der Waals surface area contributed by atoms with E-state index in [2.05, 4.69) is 4.74 Å². The summed E-state index contributed by atoms with van der Waals surface area (Å²) < 4.78 is 10.3. The zero-order valence-electron chi connectivity index (χ0n) is 13.2. The molecule has 0 heterocycles. The van der Waals surface area contributed by atoms with E-state index in [4.69, 9.17) is 16.3 Å². The molecule has 0 bridgehead atoms. The standard InChI is InChI=1S/C18H17ClO4/c1-11-7-8-16(12(2)9-11)23-10-14-13(5-4-6-15(14)19)17(20)18(21)22-3/h4-9H,10H2,1-3H3. The van der Waals surface area contributed by atoms with Gasteiger partial charge in [-0.05, 0) is 31.5 Å². The maximum atomic E-state index is 12.1. The number of methoxy groups -OCH3 is 1. The minimum Gasteiger partial charge on any atom is -0.489 e. The van der Waals surface area contributed by atoms with Crippen molar-refractivity contribution in [2.24, 2.45) is 0 Å². The summed E-state index contributed by atoms with van der Waals surface area (Å²) in [5.74, 6) is -0.971. The molecular formula is C18H17ClO4. The van der Waals surface area contributed by atoms with Gasteiger partial charge in [0.05, 0.1) is 7.11 Å². The van der Waals surface area contributed by atoms with Crippen LogP contribution in [0.2, 0.25) is 5.02 Å². The van der Waals surface area contributed by atoms with Crippen LogP contribution < -0.4 is 4.74 Å². The van der Waals surface area contributed by atoms with Gasteiger partial charge >= 0.3 is 5.97 Å². The fourth-order valence-corrected chi connectivity index (χ4v) is 2.46. The predicted octanol–water partition coefficient (Wildman–Crippen LogP) is 3.89. The smallest absolute Gasteiger partial charge is 0.379 e. The molecule has 0 saturated heterocycles. The second-order valence-corrected chi connectivity index (χ2v) is 5.55. The average molecular weight is 333 g/mol. The first-order chi connectivity index (χ1) is 10.9. The third-order valence-corrected chi connectivity index (χ3v) is 3.79. The summed E-state index contributed by atoms with van der Waals surface area (Å²) in [5, 5.41) is 0.365. The van der Waals surface area contributed by atoms with Crippen LogP contribution in [0, 0.1) is 13.8 Å². The summed E-state index contributed by atoms with van der Waals surface area (Å²) in [6.45, 7) is 4.02. The van der Waals surface area contributed by atoms with Gasteiger partial charge in [-0.25, -0.2) is 4.79 Å². The number of esters is 1. The molecule has 0 spiro atoms. The average Bonchev–Trinajstić information content (AvgIpc) is 2.53. The molecular weight excluding hydrogens is 316 g/mol. The van der Waals surface area contributed by atoms with E-state index in [9.17, 15) is 9.59 Å². The number of carbonyl (C=O) groups is 2. The van der Waals surface area contributed by atoms with E-state index >= 15 is 0 Å². The van der Waals surface area contributed by atoms with E-state index in [0.717, 1.165) is 18.2 Å². The molecule has 0 saturated carbocycles. The number of hydrogen-bond donors (Lipinski definition) is 0. The third kappa shape index (κ3) is 3.90. The molecule has 0 aliphatic rings. The number of hydrogen-bond acceptors (Lipinski definition) is 4. The number of carbonyl (C=O) groups excluding carboxylic acids is 2. The van der Waals surface area contributed by atoms with E-state index < -0.39 is 11.8 Å². The molecule has 23 heavy (non-hydrogen) atoms. The Morgan fingerprint density at radius 2 is 1.87 bits per heavy atom. The summed E-state index contributed by atoms with van der Waals surface area (Å²) in [6.07, 6.45) is 0. The first-order valence-corrected chi connectivity index (χ1v) is 7.42. The lowest BCUT2D eigenvalue weighted by Crippen LogP contribution is -2.18. The summed E-state index contributed by atoms with van der Waals surface area (Å²) in [4.78, 5) is 23.6. The largest absolute Gasteiger partial charge is 0.489 e. The maximum absolute atomic E-state index is 12.1. The molecule has 4 nitrogen and oxygen atoms in total. The second kappa shape index (κ2) is 7.29. The third-order valence-electron chi connectivity index (χ3n) is 3.44. The SMILES string of the molecule is COC(=O)C(=O)c1cccc(Cl)c1COc1ccc(C)cc1C. The monoisotopic (exact) mass is 332 g/mol. The van der Waals surface area contributed by atoms with Crippen molar-refractivity contribution in [1.29, 1.82) is 0 Å². The first-order valence-electron chi connectivity index (χ1n) is 7.04. The summed E-state index contributed by atoms with van der Waals surface area (Å²) in [7, 11) is 1.16. The van der Waals surface area contributed by atoms with Crippen LogP contribution >= 0.6 is 11.6 Å². The van der Waals surface area contributed by atoms with E-state index in [-0.39, 0.29) is 12.2 Å². The number of rotatable bonds is 5. The van der Waals surface area contributed by atoms with Crippen molar-refractivity contribution in [2.45, 2.75) is 20.5 Å². The number of aryl methyl sites for hydroxylation is 2. The van der Waals surface area contributed by atoms with Gasteiger partial charge in [0.1, 0.15) is 12.4 Å². The highest BCUT2D eigenvalue weighted by Gasteiger charge is 2.22. The number of ketones is 1. The minimum absolute atomic E-state index is 0.0850. The van der Waals surface area contributed by atoms with Crippen LogP contribution in [0.25, 0.3) is 0 Å². The summed E-state index contributed by atoms with van der Waals surface area (Å²) >= 11 is 6.17. The molecule has 0 unspecified atom stereocenters. The van der Waals surface area contributed by atoms with E-state index in [1.165, 1.54) is 6.07 Å². The number of Topliss-reactive ketones (excluding diaryl/α,β-unsaturated/α-hetero) is 1. The van der Waals surface area contributed by atoms with Crippen molar-refractivity contribution in [1.82, 2.24) is 0 Å². The molecule has 5 heteroatoms. The normalized spacial score (nSPS) is 10.3. The van der Waals surface area contributed by atoms with Crippen molar-refractivity contribution >= 4 is 23.4 Å². The fourth-order valence-electron chi connectivity index (χ4n) is 2.23. The molecule has 0 N–H and O–H groups in total. The van der Waals surface area contributed by atoms with Gasteiger partial charge in [0.25, 0.3) is 5.78 Å². The lowest BCUT2D eigenvalue weighted by molar-refractivity contribution is -0.135. The zero-order valence-corrected chi connectivity index (χ0v) is 13.9. The number of ether oxygens (including phenoxy) is 2. The Hall–Kier alpha value is -2.33. The van der Waals surface area contributed by atoms with Crippen molar-refractivity contribution in [2.75, 3.05) is 7.11 Å². The van der Waals surface area contributed by atoms with E-state index in [1.54, 1.807) is 12.1 Å². The highest BCUT2D eigenvalue weighted by molar-refractivity contribution is 6.42. The molecule has 120 valence electrons. The molecule has 0 aliphatic carbocycles. The molecule has 2 aromatic rings. The molecule has 0 aromatic heterocycles. The summed E-state index contributed by atoms with van der Waals surface area (Å²) in [5.41, 5.74) is 2.77. The van der Waals surface area contributed by atoms with Crippen LogP contribution in [0.5, 0.6) is 5.75 Å². The van der Waals surface area contributed by atoms with Crippen LogP contribution in [0.4, 0.5) is 0 Å². The van der Waals surface area contributed by atoms with Gasteiger partial charge in [0, 0.05) is 16.1 Å². The highest BCUT2D eigenvalue weighted by Crippen LogP contribution is 2.25. The zero-order chi connectivity index (χ0) is 17.0. The van der Waals surface area contributed by atoms with Crippen LogP contribution in [-0.2, 0) is 16.1 Å². The molecule has 0 atom stereocenters. The number of benzene rings is 2. The lowest BCUT2D eigenvalue weighted by Gasteiger charge is -2.13. The van der Waals surface area contributed by atoms with Crippen molar-refractivity contribution in [3.05, 3.63) is 63.7 Å². The Balaban J connectivity index is 2.29. The molecule has 0 amide bonds. The van der Waals surface area contributed by atoms with Crippen molar-refractivity contribution < 1.29 is 19.1 Å². The van der Waals surface area contributed by atoms with Gasteiger partial charge in [-0.15, -0.1) is 0 Å². The maximum Gasteiger partial charge on any atom is 0.379 e. The summed E-state index contributed by atoms with van der Waals surface area (Å²) in [6, 6.07) is 10.6. The molecule has 2 aromatic carbocycles. The predicted molar refractivity (Wildman–Crippen MR) is 88.0 cm³/mol. The quantitative estimate of drug-likeness (QED) is 0.473. The molecule has 0 radical (unpaired) electrons. The molecule has 0 aliphatic heterocycles. The van der Waals surface area contributed by atoms with Crippen LogP contribution in [0.3, 0.4) is 0 Å². The first kappa shape index (κ1) is 17.0. The second-order valence-electron chi connectivity index (χ2n) is 5.14. The van der Waals surface area contributed by atoms with Gasteiger partial charge in [0.15, 0.2) is 0 Å². The number of halogens is 1. The minimum atomic E-state index is -0.931. The van der Waals surface area contributed by atoms with E-state index in [0.29, 0.717) is 16.3 Å². The fraction of sp³-hybridized carbons (Fsp3) is 0.222. The Morgan fingerprint density at radius 1 is 1.13 bits per heavy atom. The van der Waals surface area contributed by atoms with Gasteiger partial charge in [0.2, 0.25) is 0 Å². The van der Waals surface area contributed by atoms with Gasteiger partial charge in [-0.3, -0.25) is 4.79 Å². The van der Waals surface area contributed by atoms with E-state index in [1.807, 2.05) is 32.0 Å². The Morgan fingerprint density at radius 3 is 2.52 bits per heavy atom. The molecule has 0 fully saturated rings.